The van der Waals surface area contributed by atoms with Crippen molar-refractivity contribution in [1.29, 1.82) is 0 Å². The Balaban J connectivity index is 1.68. The molecule has 0 spiro atoms. The summed E-state index contributed by atoms with van der Waals surface area (Å²) in [5, 5.41) is 23.7. The maximum atomic E-state index is 10.7. The molecule has 142 valence electrons. The van der Waals surface area contributed by atoms with Gasteiger partial charge in [-0.15, -0.1) is 0 Å². The van der Waals surface area contributed by atoms with Crippen LogP contribution < -0.4 is 10.6 Å². The first kappa shape index (κ1) is 18.9. The number of aromatic nitrogens is 2. The average molecular weight is 365 g/mol. The van der Waals surface area contributed by atoms with Crippen LogP contribution in [0.25, 0.3) is 10.8 Å². The summed E-state index contributed by atoms with van der Waals surface area (Å²) >= 11 is 0. The predicted molar refractivity (Wildman–Crippen MR) is 110 cm³/mol. The van der Waals surface area contributed by atoms with Crippen molar-refractivity contribution >= 4 is 16.7 Å². The molecule has 1 aromatic heterocycles. The number of rotatable bonds is 6. The lowest BCUT2D eigenvalue weighted by molar-refractivity contribution is 0.0616. The molecule has 1 unspecified atom stereocenters. The van der Waals surface area contributed by atoms with Crippen LogP contribution >= 0.6 is 0 Å². The zero-order valence-corrected chi connectivity index (χ0v) is 16.1. The minimum absolute atomic E-state index is 0.336. The lowest BCUT2D eigenvalue weighted by Gasteiger charge is -2.23. The van der Waals surface area contributed by atoms with Crippen LogP contribution in [0.2, 0.25) is 0 Å². The lowest BCUT2D eigenvalue weighted by atomic mass is 10.00. The van der Waals surface area contributed by atoms with Gasteiger partial charge in [-0.05, 0) is 36.2 Å². The van der Waals surface area contributed by atoms with Crippen LogP contribution in [0, 0.1) is 0 Å². The molecule has 0 saturated heterocycles. The number of aliphatic hydroxyl groups is 1. The number of benzene rings is 2. The Kier molecular flexibility index (Phi) is 5.76. The molecule has 6 heteroatoms. The predicted octanol–water partition coefficient (Wildman–Crippen LogP) is 2.54. The fourth-order valence-electron chi connectivity index (χ4n) is 2.91. The van der Waals surface area contributed by atoms with Gasteiger partial charge in [0, 0.05) is 25.4 Å². The van der Waals surface area contributed by atoms with Crippen molar-refractivity contribution in [2.75, 3.05) is 13.1 Å². The van der Waals surface area contributed by atoms with Crippen molar-refractivity contribution in [3.63, 3.8) is 0 Å². The van der Waals surface area contributed by atoms with Crippen molar-refractivity contribution < 1.29 is 5.11 Å². The standard InChI is InChI=1S/C21H27N5O/c1-4-22-20(24-15-21(2,27)19-13-25-26(3)14-19)23-12-16-9-10-17-7-5-6-8-18(17)11-16/h5-11,13-14,27H,4,12,15H2,1-3H3,(H2,22,23,24). The molecule has 1 heterocycles. The summed E-state index contributed by atoms with van der Waals surface area (Å²) in [4.78, 5) is 4.65. The van der Waals surface area contributed by atoms with Gasteiger partial charge in [0.1, 0.15) is 5.60 Å². The van der Waals surface area contributed by atoms with E-state index in [9.17, 15) is 5.11 Å². The molecule has 0 aliphatic carbocycles. The van der Waals surface area contributed by atoms with E-state index in [4.69, 9.17) is 0 Å². The minimum atomic E-state index is -1.03. The Hall–Kier alpha value is -2.86. The highest BCUT2D eigenvalue weighted by atomic mass is 16.3. The second-order valence-electron chi connectivity index (χ2n) is 6.91. The molecule has 2 aromatic carbocycles. The normalized spacial score (nSPS) is 14.1. The second-order valence-corrected chi connectivity index (χ2v) is 6.91. The molecule has 0 fully saturated rings. The number of fused-ring (bicyclic) bond motifs is 1. The highest BCUT2D eigenvalue weighted by Gasteiger charge is 2.24. The number of hydrogen-bond acceptors (Lipinski definition) is 3. The van der Waals surface area contributed by atoms with Crippen molar-refractivity contribution in [2.45, 2.75) is 26.0 Å². The van der Waals surface area contributed by atoms with E-state index in [0.29, 0.717) is 19.0 Å². The maximum Gasteiger partial charge on any atom is 0.191 e. The van der Waals surface area contributed by atoms with E-state index >= 15 is 0 Å². The van der Waals surface area contributed by atoms with Gasteiger partial charge in [-0.3, -0.25) is 4.68 Å². The third kappa shape index (κ3) is 4.86. The van der Waals surface area contributed by atoms with Gasteiger partial charge in [0.05, 0.1) is 19.3 Å². The molecular weight excluding hydrogens is 338 g/mol. The molecule has 0 radical (unpaired) electrons. The largest absolute Gasteiger partial charge is 0.383 e. The first-order valence-corrected chi connectivity index (χ1v) is 9.19. The zero-order chi connectivity index (χ0) is 19.3. The lowest BCUT2D eigenvalue weighted by Crippen LogP contribution is -2.44. The Morgan fingerprint density at radius 3 is 2.67 bits per heavy atom. The highest BCUT2D eigenvalue weighted by Crippen LogP contribution is 2.18. The van der Waals surface area contributed by atoms with Gasteiger partial charge in [0.25, 0.3) is 0 Å². The smallest absolute Gasteiger partial charge is 0.191 e. The van der Waals surface area contributed by atoms with Crippen LogP contribution in [-0.4, -0.2) is 33.9 Å². The van der Waals surface area contributed by atoms with Crippen LogP contribution in [0.5, 0.6) is 0 Å². The van der Waals surface area contributed by atoms with Gasteiger partial charge in [0.15, 0.2) is 5.96 Å². The molecule has 3 aromatic rings. The molecule has 3 N–H and O–H groups in total. The van der Waals surface area contributed by atoms with Gasteiger partial charge >= 0.3 is 0 Å². The van der Waals surface area contributed by atoms with Crippen LogP contribution in [0.15, 0.2) is 59.9 Å². The van der Waals surface area contributed by atoms with Crippen molar-refractivity contribution in [1.82, 2.24) is 20.4 Å². The van der Waals surface area contributed by atoms with E-state index in [1.807, 2.05) is 32.3 Å². The molecule has 0 amide bonds. The molecule has 0 aliphatic heterocycles. The Labute approximate surface area is 159 Å². The minimum Gasteiger partial charge on any atom is -0.383 e. The van der Waals surface area contributed by atoms with Gasteiger partial charge in [-0.25, -0.2) is 4.99 Å². The Bertz CT molecular complexity index is 929. The number of nitrogens with zero attached hydrogens (tertiary/aromatic N) is 3. The maximum absolute atomic E-state index is 10.7. The number of hydrogen-bond donors (Lipinski definition) is 3. The third-order valence-corrected chi connectivity index (χ3v) is 4.50. The van der Waals surface area contributed by atoms with Crippen molar-refractivity contribution in [3.05, 3.63) is 66.0 Å². The van der Waals surface area contributed by atoms with Gasteiger partial charge in [-0.2, -0.15) is 5.10 Å². The van der Waals surface area contributed by atoms with E-state index < -0.39 is 5.60 Å². The topological polar surface area (TPSA) is 74.5 Å². The highest BCUT2D eigenvalue weighted by molar-refractivity contribution is 5.83. The molecule has 3 rings (SSSR count). The Morgan fingerprint density at radius 2 is 1.96 bits per heavy atom. The number of aliphatic imine (C=N–C) groups is 1. The zero-order valence-electron chi connectivity index (χ0n) is 16.1. The number of guanidine groups is 1. The number of nitrogens with one attached hydrogen (secondary N) is 2. The van der Waals surface area contributed by atoms with Gasteiger partial charge in [-0.1, -0.05) is 36.4 Å². The van der Waals surface area contributed by atoms with Crippen LogP contribution in [0.4, 0.5) is 0 Å². The van der Waals surface area contributed by atoms with Crippen LogP contribution in [-0.2, 0) is 19.2 Å². The van der Waals surface area contributed by atoms with E-state index in [0.717, 1.165) is 17.7 Å². The third-order valence-electron chi connectivity index (χ3n) is 4.50. The molecular formula is C21H27N5O. The van der Waals surface area contributed by atoms with Crippen molar-refractivity contribution in [2.24, 2.45) is 12.0 Å². The number of aryl methyl sites for hydroxylation is 1. The quantitative estimate of drug-likeness (QED) is 0.464. The fraction of sp³-hybridized carbons (Fsp3) is 0.333. The summed E-state index contributed by atoms with van der Waals surface area (Å²) in [5.74, 6) is 0.676. The summed E-state index contributed by atoms with van der Waals surface area (Å²) in [6.45, 7) is 5.44. The van der Waals surface area contributed by atoms with Crippen molar-refractivity contribution in [3.8, 4) is 0 Å². The molecule has 0 saturated carbocycles. The van der Waals surface area contributed by atoms with E-state index in [2.05, 4.69) is 51.1 Å². The average Bonchev–Trinajstić information content (AvgIpc) is 3.11. The first-order valence-electron chi connectivity index (χ1n) is 9.19. The Morgan fingerprint density at radius 1 is 1.19 bits per heavy atom. The van der Waals surface area contributed by atoms with Crippen LogP contribution in [0.3, 0.4) is 0 Å². The molecule has 6 nitrogen and oxygen atoms in total. The first-order chi connectivity index (χ1) is 13.0. The SMILES string of the molecule is CCNC(=NCc1ccc2ccccc2c1)NCC(C)(O)c1cnn(C)c1. The fourth-order valence-corrected chi connectivity index (χ4v) is 2.91. The molecule has 27 heavy (non-hydrogen) atoms. The summed E-state index contributed by atoms with van der Waals surface area (Å²) in [5.41, 5.74) is 0.876. The van der Waals surface area contributed by atoms with Gasteiger partial charge < -0.3 is 15.7 Å². The summed E-state index contributed by atoms with van der Waals surface area (Å²) in [6, 6.07) is 14.7. The van der Waals surface area contributed by atoms with E-state index in [1.165, 1.54) is 10.8 Å². The summed E-state index contributed by atoms with van der Waals surface area (Å²) in [7, 11) is 1.84. The molecule has 0 bridgehead atoms. The van der Waals surface area contributed by atoms with Gasteiger partial charge in [0.2, 0.25) is 0 Å². The summed E-state index contributed by atoms with van der Waals surface area (Å²) in [6.07, 6.45) is 3.50. The molecule has 0 aliphatic rings. The molecule has 1 atom stereocenters. The second kappa shape index (κ2) is 8.22. The monoisotopic (exact) mass is 365 g/mol. The van der Waals surface area contributed by atoms with E-state index in [-0.39, 0.29) is 0 Å². The van der Waals surface area contributed by atoms with Crippen LogP contribution in [0.1, 0.15) is 25.0 Å². The summed E-state index contributed by atoms with van der Waals surface area (Å²) < 4.78 is 1.68. The van der Waals surface area contributed by atoms with E-state index in [1.54, 1.807) is 17.8 Å².